The summed E-state index contributed by atoms with van der Waals surface area (Å²) in [6.45, 7) is 4.16. The molecule has 23 heavy (non-hydrogen) atoms. The summed E-state index contributed by atoms with van der Waals surface area (Å²) in [6, 6.07) is 11.5. The van der Waals surface area contributed by atoms with E-state index >= 15 is 0 Å². The van der Waals surface area contributed by atoms with Crippen molar-refractivity contribution in [3.63, 3.8) is 0 Å². The number of amides is 1. The van der Waals surface area contributed by atoms with Crippen molar-refractivity contribution in [1.29, 1.82) is 0 Å². The molecular formula is C18H19NO4. The number of nitrogens with one attached hydrogen (secondary N) is 1. The lowest BCUT2D eigenvalue weighted by Gasteiger charge is -2.10. The number of aromatic hydroxyl groups is 1. The van der Waals surface area contributed by atoms with E-state index in [2.05, 4.69) is 23.9 Å². The Morgan fingerprint density at radius 3 is 2.17 bits per heavy atom. The highest BCUT2D eigenvalue weighted by Gasteiger charge is 2.12. The Morgan fingerprint density at radius 2 is 1.65 bits per heavy atom. The molecule has 0 fully saturated rings. The molecule has 0 spiro atoms. The molecule has 0 aromatic heterocycles. The average Bonchev–Trinajstić information content (AvgIpc) is 2.55. The number of hydrogen-bond acceptors (Lipinski definition) is 4. The van der Waals surface area contributed by atoms with E-state index in [1.54, 1.807) is 12.1 Å². The van der Waals surface area contributed by atoms with Crippen molar-refractivity contribution in [3.05, 3.63) is 59.2 Å². The molecule has 0 atom stereocenters. The quantitative estimate of drug-likeness (QED) is 0.668. The van der Waals surface area contributed by atoms with Gasteiger partial charge in [-0.2, -0.15) is 0 Å². The van der Waals surface area contributed by atoms with E-state index in [1.807, 2.05) is 12.1 Å². The van der Waals surface area contributed by atoms with Gasteiger partial charge in [0, 0.05) is 5.56 Å². The highest BCUT2D eigenvalue weighted by molar-refractivity contribution is 6.05. The molecule has 0 bridgehead atoms. The van der Waals surface area contributed by atoms with Crippen molar-refractivity contribution in [2.75, 3.05) is 12.4 Å². The van der Waals surface area contributed by atoms with Crippen molar-refractivity contribution in [3.8, 4) is 5.75 Å². The van der Waals surface area contributed by atoms with Gasteiger partial charge < -0.3 is 15.2 Å². The predicted molar refractivity (Wildman–Crippen MR) is 87.9 cm³/mol. The lowest BCUT2D eigenvalue weighted by molar-refractivity contribution is 0.0600. The van der Waals surface area contributed by atoms with Crippen molar-refractivity contribution in [2.24, 2.45) is 0 Å². The van der Waals surface area contributed by atoms with E-state index in [9.17, 15) is 14.7 Å². The molecule has 0 heterocycles. The summed E-state index contributed by atoms with van der Waals surface area (Å²) in [5.74, 6) is -0.689. The zero-order chi connectivity index (χ0) is 17.0. The summed E-state index contributed by atoms with van der Waals surface area (Å²) < 4.78 is 4.57. The molecule has 0 saturated carbocycles. The van der Waals surface area contributed by atoms with Gasteiger partial charge >= 0.3 is 5.97 Å². The average molecular weight is 313 g/mol. The van der Waals surface area contributed by atoms with Crippen molar-refractivity contribution < 1.29 is 19.4 Å². The molecule has 0 aliphatic heterocycles. The first-order valence-electron chi connectivity index (χ1n) is 7.25. The Balaban J connectivity index is 2.15. The lowest BCUT2D eigenvalue weighted by atomic mass is 10.0. The van der Waals surface area contributed by atoms with Gasteiger partial charge in [-0.25, -0.2) is 4.79 Å². The Hall–Kier alpha value is -2.82. The van der Waals surface area contributed by atoms with Crippen LogP contribution in [0.2, 0.25) is 0 Å². The van der Waals surface area contributed by atoms with E-state index in [1.165, 1.54) is 25.3 Å². The number of phenolic OH excluding ortho intramolecular Hbond substituents is 1. The van der Waals surface area contributed by atoms with E-state index in [0.29, 0.717) is 11.5 Å². The van der Waals surface area contributed by atoms with Gasteiger partial charge in [-0.15, -0.1) is 0 Å². The molecule has 0 saturated heterocycles. The van der Waals surface area contributed by atoms with Crippen molar-refractivity contribution in [2.45, 2.75) is 19.8 Å². The predicted octanol–water partition coefficient (Wildman–Crippen LogP) is 3.55. The summed E-state index contributed by atoms with van der Waals surface area (Å²) in [7, 11) is 1.26. The zero-order valence-electron chi connectivity index (χ0n) is 13.3. The van der Waals surface area contributed by atoms with Crippen LogP contribution in [0.4, 0.5) is 5.69 Å². The van der Waals surface area contributed by atoms with Crippen LogP contribution < -0.4 is 5.32 Å². The number of phenols is 1. The maximum Gasteiger partial charge on any atom is 0.337 e. The highest BCUT2D eigenvalue weighted by Crippen LogP contribution is 2.25. The highest BCUT2D eigenvalue weighted by atomic mass is 16.5. The third-order valence-electron chi connectivity index (χ3n) is 3.51. The van der Waals surface area contributed by atoms with Gasteiger partial charge in [-0.1, -0.05) is 26.0 Å². The molecule has 2 N–H and O–H groups in total. The van der Waals surface area contributed by atoms with Gasteiger partial charge in [0.05, 0.1) is 18.4 Å². The van der Waals surface area contributed by atoms with E-state index in [0.717, 1.165) is 5.56 Å². The second kappa shape index (κ2) is 6.96. The van der Waals surface area contributed by atoms with Crippen LogP contribution in [-0.2, 0) is 4.74 Å². The van der Waals surface area contributed by atoms with Crippen LogP contribution in [0.1, 0.15) is 46.0 Å². The summed E-state index contributed by atoms with van der Waals surface area (Å²) in [5, 5.41) is 12.5. The minimum absolute atomic E-state index is 0.194. The molecule has 120 valence electrons. The smallest absolute Gasteiger partial charge is 0.337 e. The topological polar surface area (TPSA) is 75.6 Å². The lowest BCUT2D eigenvalue weighted by Crippen LogP contribution is -2.12. The SMILES string of the molecule is COC(=O)c1ccc(NC(=O)c2ccc(C(C)C)cc2)c(O)c1. The summed E-state index contributed by atoms with van der Waals surface area (Å²) in [4.78, 5) is 23.6. The van der Waals surface area contributed by atoms with Gasteiger partial charge in [-0.3, -0.25) is 4.79 Å². The van der Waals surface area contributed by atoms with Gasteiger partial charge in [-0.05, 0) is 41.8 Å². The molecule has 5 heteroatoms. The number of carbonyl (C=O) groups excluding carboxylic acids is 2. The fraction of sp³-hybridized carbons (Fsp3) is 0.222. The second-order valence-electron chi connectivity index (χ2n) is 5.45. The first-order valence-corrected chi connectivity index (χ1v) is 7.25. The molecule has 5 nitrogen and oxygen atoms in total. The van der Waals surface area contributed by atoms with Gasteiger partial charge in [0.2, 0.25) is 0 Å². The third-order valence-corrected chi connectivity index (χ3v) is 3.51. The molecule has 0 radical (unpaired) electrons. The van der Waals surface area contributed by atoms with Crippen LogP contribution >= 0.6 is 0 Å². The van der Waals surface area contributed by atoms with Crippen LogP contribution in [0.15, 0.2) is 42.5 Å². The van der Waals surface area contributed by atoms with E-state index < -0.39 is 5.97 Å². The number of methoxy groups -OCH3 is 1. The molecule has 2 rings (SSSR count). The number of ether oxygens (including phenoxy) is 1. The van der Waals surface area contributed by atoms with Gasteiger partial charge in [0.25, 0.3) is 5.91 Å². The Bertz CT molecular complexity index is 720. The molecular weight excluding hydrogens is 294 g/mol. The van der Waals surface area contributed by atoms with Gasteiger partial charge in [0.1, 0.15) is 5.75 Å². The fourth-order valence-corrected chi connectivity index (χ4v) is 2.10. The number of benzene rings is 2. The van der Waals surface area contributed by atoms with Crippen molar-refractivity contribution in [1.82, 2.24) is 0 Å². The maximum absolute atomic E-state index is 12.2. The number of esters is 1. The summed E-state index contributed by atoms with van der Waals surface area (Å²) in [6.07, 6.45) is 0. The number of anilines is 1. The van der Waals surface area contributed by atoms with Crippen LogP contribution in [0.5, 0.6) is 5.75 Å². The minimum Gasteiger partial charge on any atom is -0.506 e. The second-order valence-corrected chi connectivity index (χ2v) is 5.45. The maximum atomic E-state index is 12.2. The molecule has 2 aromatic rings. The Morgan fingerprint density at radius 1 is 1.04 bits per heavy atom. The number of carbonyl (C=O) groups is 2. The van der Waals surface area contributed by atoms with E-state index in [4.69, 9.17) is 0 Å². The molecule has 1 amide bonds. The van der Waals surface area contributed by atoms with Crippen LogP contribution in [0, 0.1) is 0 Å². The Kier molecular flexibility index (Phi) is 5.01. The molecule has 0 aliphatic carbocycles. The molecule has 2 aromatic carbocycles. The fourth-order valence-electron chi connectivity index (χ4n) is 2.10. The normalized spacial score (nSPS) is 10.4. The van der Waals surface area contributed by atoms with Gasteiger partial charge in [0.15, 0.2) is 0 Å². The monoisotopic (exact) mass is 313 g/mol. The van der Waals surface area contributed by atoms with Crippen LogP contribution in [-0.4, -0.2) is 24.1 Å². The van der Waals surface area contributed by atoms with Crippen LogP contribution in [0.25, 0.3) is 0 Å². The summed E-state index contributed by atoms with van der Waals surface area (Å²) in [5.41, 5.74) is 2.08. The minimum atomic E-state index is -0.553. The number of hydrogen-bond donors (Lipinski definition) is 2. The first-order chi connectivity index (χ1) is 10.9. The zero-order valence-corrected chi connectivity index (χ0v) is 13.3. The summed E-state index contributed by atoms with van der Waals surface area (Å²) >= 11 is 0. The Labute approximate surface area is 134 Å². The largest absolute Gasteiger partial charge is 0.506 e. The number of rotatable bonds is 4. The molecule has 0 unspecified atom stereocenters. The van der Waals surface area contributed by atoms with Crippen LogP contribution in [0.3, 0.4) is 0 Å². The van der Waals surface area contributed by atoms with Crippen molar-refractivity contribution >= 4 is 17.6 Å². The van der Waals surface area contributed by atoms with E-state index in [-0.39, 0.29) is 22.9 Å². The molecule has 0 aliphatic rings. The third kappa shape index (κ3) is 3.88. The standard InChI is InChI=1S/C18H19NO4/c1-11(2)12-4-6-13(7-5-12)17(21)19-15-9-8-14(10-16(15)20)18(22)23-3/h4-11,20H,1-3H3,(H,19,21). The first kappa shape index (κ1) is 16.5.